The van der Waals surface area contributed by atoms with Gasteiger partial charge in [-0.15, -0.1) is 0 Å². The number of morpholine rings is 1. The Morgan fingerprint density at radius 1 is 1.44 bits per heavy atom. The molecule has 2 aliphatic rings. The van der Waals surface area contributed by atoms with E-state index in [1.807, 2.05) is 11.8 Å². The van der Waals surface area contributed by atoms with Crippen LogP contribution in [0, 0.1) is 0 Å². The van der Waals surface area contributed by atoms with Gasteiger partial charge >= 0.3 is 0 Å². The Balaban J connectivity index is 1.67. The molecule has 1 N–H and O–H groups in total. The predicted octanol–water partition coefficient (Wildman–Crippen LogP) is 1.19. The van der Waals surface area contributed by atoms with Crippen molar-refractivity contribution in [3.8, 4) is 0 Å². The first kappa shape index (κ1) is 12.7. The predicted molar refractivity (Wildman–Crippen MR) is 70.2 cm³/mol. The fraction of sp³-hybridized carbons (Fsp3) is 1.00. The van der Waals surface area contributed by atoms with E-state index >= 15 is 0 Å². The number of nitrogens with zero attached hydrogens (tertiary/aromatic N) is 1. The highest BCUT2D eigenvalue weighted by atomic mass is 32.2. The molecular formula is C12H24N2OS. The third-order valence-electron chi connectivity index (χ3n) is 3.30. The first-order valence-electron chi connectivity index (χ1n) is 6.53. The Kier molecular flexibility index (Phi) is 5.42. The lowest BCUT2D eigenvalue weighted by Gasteiger charge is -2.35. The van der Waals surface area contributed by atoms with Gasteiger partial charge in [-0.25, -0.2) is 0 Å². The summed E-state index contributed by atoms with van der Waals surface area (Å²) < 4.78 is 5.58. The molecule has 0 aromatic heterocycles. The molecule has 1 saturated heterocycles. The van der Waals surface area contributed by atoms with Crippen LogP contribution >= 0.6 is 11.8 Å². The average Bonchev–Trinajstić information content (AvgIpc) is 3.12. The largest absolute Gasteiger partial charge is 0.378 e. The second-order valence-corrected chi connectivity index (χ2v) is 6.04. The molecule has 0 spiro atoms. The molecule has 2 rings (SSSR count). The van der Waals surface area contributed by atoms with Gasteiger partial charge < -0.3 is 10.1 Å². The van der Waals surface area contributed by atoms with Gasteiger partial charge in [0.05, 0.1) is 13.2 Å². The lowest BCUT2D eigenvalue weighted by molar-refractivity contribution is -0.00369. The molecule has 2 fully saturated rings. The Morgan fingerprint density at radius 3 is 3.06 bits per heavy atom. The van der Waals surface area contributed by atoms with E-state index in [0.29, 0.717) is 6.04 Å². The van der Waals surface area contributed by atoms with Crippen molar-refractivity contribution in [3.05, 3.63) is 0 Å². The van der Waals surface area contributed by atoms with E-state index in [0.717, 1.165) is 32.3 Å². The summed E-state index contributed by atoms with van der Waals surface area (Å²) in [4.78, 5) is 2.60. The zero-order valence-corrected chi connectivity index (χ0v) is 11.1. The normalized spacial score (nSPS) is 27.2. The molecule has 1 heterocycles. The summed E-state index contributed by atoms with van der Waals surface area (Å²) in [6.07, 6.45) is 2.75. The first-order valence-corrected chi connectivity index (χ1v) is 7.68. The highest BCUT2D eigenvalue weighted by Crippen LogP contribution is 2.19. The van der Waals surface area contributed by atoms with Crippen LogP contribution in [0.2, 0.25) is 0 Å². The number of nitrogens with one attached hydrogen (secondary N) is 1. The zero-order chi connectivity index (χ0) is 11.2. The van der Waals surface area contributed by atoms with Crippen LogP contribution < -0.4 is 5.32 Å². The van der Waals surface area contributed by atoms with E-state index in [2.05, 4.69) is 17.1 Å². The first-order chi connectivity index (χ1) is 7.90. The lowest BCUT2D eigenvalue weighted by Crippen LogP contribution is -2.51. The molecule has 1 saturated carbocycles. The number of hydrogen-bond acceptors (Lipinski definition) is 4. The van der Waals surface area contributed by atoms with Crippen LogP contribution in [-0.4, -0.2) is 61.3 Å². The van der Waals surface area contributed by atoms with Crippen molar-refractivity contribution >= 4 is 11.8 Å². The van der Waals surface area contributed by atoms with Crippen molar-refractivity contribution in [2.45, 2.75) is 31.8 Å². The maximum absolute atomic E-state index is 5.58. The van der Waals surface area contributed by atoms with Crippen molar-refractivity contribution in [2.24, 2.45) is 0 Å². The number of ether oxygens (including phenoxy) is 1. The van der Waals surface area contributed by atoms with Gasteiger partial charge in [0.15, 0.2) is 0 Å². The molecule has 3 nitrogen and oxygen atoms in total. The molecule has 0 bridgehead atoms. The molecular weight excluding hydrogens is 220 g/mol. The van der Waals surface area contributed by atoms with Crippen LogP contribution in [0.4, 0.5) is 0 Å². The smallest absolute Gasteiger partial charge is 0.0634 e. The van der Waals surface area contributed by atoms with Crippen molar-refractivity contribution in [1.29, 1.82) is 0 Å². The number of rotatable bonds is 7. The fourth-order valence-electron chi connectivity index (χ4n) is 2.09. The van der Waals surface area contributed by atoms with Gasteiger partial charge in [0.1, 0.15) is 0 Å². The molecule has 94 valence electrons. The van der Waals surface area contributed by atoms with Crippen LogP contribution in [0.15, 0.2) is 0 Å². The molecule has 4 heteroatoms. The molecule has 1 aliphatic carbocycles. The number of thioether (sulfide) groups is 1. The summed E-state index contributed by atoms with van der Waals surface area (Å²) >= 11 is 2.04. The van der Waals surface area contributed by atoms with Crippen molar-refractivity contribution in [1.82, 2.24) is 10.2 Å². The Hall–Kier alpha value is 0.230. The minimum Gasteiger partial charge on any atom is -0.378 e. The van der Waals surface area contributed by atoms with Gasteiger partial charge in [0.2, 0.25) is 0 Å². The van der Waals surface area contributed by atoms with E-state index < -0.39 is 0 Å². The number of hydrogen-bond donors (Lipinski definition) is 1. The van der Waals surface area contributed by atoms with E-state index in [-0.39, 0.29) is 0 Å². The SMILES string of the molecule is CCSCCN1CCOCC1CNC1CC1. The Bertz CT molecular complexity index is 199. The van der Waals surface area contributed by atoms with Crippen molar-refractivity contribution < 1.29 is 4.74 Å². The molecule has 0 aromatic carbocycles. The van der Waals surface area contributed by atoms with Crippen LogP contribution in [0.3, 0.4) is 0 Å². The fourth-order valence-corrected chi connectivity index (χ4v) is 2.74. The highest BCUT2D eigenvalue weighted by Gasteiger charge is 2.26. The summed E-state index contributed by atoms with van der Waals surface area (Å²) in [6.45, 7) is 7.50. The van der Waals surface area contributed by atoms with Crippen LogP contribution in [-0.2, 0) is 4.74 Å². The van der Waals surface area contributed by atoms with E-state index in [1.165, 1.54) is 30.9 Å². The summed E-state index contributed by atoms with van der Waals surface area (Å²) in [7, 11) is 0. The van der Waals surface area contributed by atoms with Crippen LogP contribution in [0.5, 0.6) is 0 Å². The minimum absolute atomic E-state index is 0.604. The van der Waals surface area contributed by atoms with Gasteiger partial charge in [-0.05, 0) is 18.6 Å². The Morgan fingerprint density at radius 2 is 2.31 bits per heavy atom. The van der Waals surface area contributed by atoms with Gasteiger partial charge in [0.25, 0.3) is 0 Å². The highest BCUT2D eigenvalue weighted by molar-refractivity contribution is 7.99. The van der Waals surface area contributed by atoms with Gasteiger partial charge in [-0.3, -0.25) is 4.90 Å². The van der Waals surface area contributed by atoms with Crippen LogP contribution in [0.25, 0.3) is 0 Å². The van der Waals surface area contributed by atoms with E-state index in [9.17, 15) is 0 Å². The zero-order valence-electron chi connectivity index (χ0n) is 10.3. The molecule has 0 amide bonds. The maximum Gasteiger partial charge on any atom is 0.0634 e. The third-order valence-corrected chi connectivity index (χ3v) is 4.18. The van der Waals surface area contributed by atoms with Crippen LogP contribution in [0.1, 0.15) is 19.8 Å². The second kappa shape index (κ2) is 6.84. The summed E-state index contributed by atoms with van der Waals surface area (Å²) in [5.74, 6) is 2.49. The van der Waals surface area contributed by atoms with Crippen molar-refractivity contribution in [3.63, 3.8) is 0 Å². The van der Waals surface area contributed by atoms with E-state index in [1.54, 1.807) is 0 Å². The maximum atomic E-state index is 5.58. The minimum atomic E-state index is 0.604. The molecule has 0 aromatic rings. The average molecular weight is 244 g/mol. The standard InChI is InChI=1S/C12H24N2OS/c1-2-16-8-6-14-5-7-15-10-12(14)9-13-11-3-4-11/h11-13H,2-10H2,1H3. The van der Waals surface area contributed by atoms with Crippen molar-refractivity contribution in [2.75, 3.05) is 44.4 Å². The lowest BCUT2D eigenvalue weighted by atomic mass is 10.2. The monoisotopic (exact) mass is 244 g/mol. The summed E-state index contributed by atoms with van der Waals surface area (Å²) in [6, 6.07) is 1.42. The van der Waals surface area contributed by atoms with Gasteiger partial charge in [-0.1, -0.05) is 6.92 Å². The van der Waals surface area contributed by atoms with Gasteiger partial charge in [-0.2, -0.15) is 11.8 Å². The second-order valence-electron chi connectivity index (χ2n) is 4.64. The van der Waals surface area contributed by atoms with E-state index in [4.69, 9.17) is 4.74 Å². The molecule has 1 atom stereocenters. The molecule has 1 aliphatic heterocycles. The molecule has 16 heavy (non-hydrogen) atoms. The summed E-state index contributed by atoms with van der Waals surface area (Å²) in [5, 5.41) is 3.62. The third kappa shape index (κ3) is 4.24. The summed E-state index contributed by atoms with van der Waals surface area (Å²) in [5.41, 5.74) is 0. The van der Waals surface area contributed by atoms with Gasteiger partial charge in [0, 0.05) is 37.5 Å². The molecule has 1 unspecified atom stereocenters. The molecule has 0 radical (unpaired) electrons. The Labute approximate surface area is 103 Å². The topological polar surface area (TPSA) is 24.5 Å². The quantitative estimate of drug-likeness (QED) is 0.680.